The number of fused-ring (bicyclic) bond motifs is 2. The van der Waals surface area contributed by atoms with Crippen LogP contribution < -0.4 is 10.6 Å². The van der Waals surface area contributed by atoms with E-state index in [9.17, 15) is 4.79 Å². The van der Waals surface area contributed by atoms with Gasteiger partial charge in [0, 0.05) is 24.5 Å². The Kier molecular flexibility index (Phi) is 5.01. The number of carbonyl (C=O) groups excluding carboxylic acids is 1. The van der Waals surface area contributed by atoms with E-state index in [1.165, 1.54) is 19.3 Å². The second-order valence-electron chi connectivity index (χ2n) is 5.85. The highest BCUT2D eigenvalue weighted by Crippen LogP contribution is 2.32. The zero-order chi connectivity index (χ0) is 13.0. The lowest BCUT2D eigenvalue weighted by Crippen LogP contribution is -2.55. The van der Waals surface area contributed by atoms with Crippen molar-refractivity contribution in [1.82, 2.24) is 15.5 Å². The van der Waals surface area contributed by atoms with Crippen LogP contribution in [0.4, 0.5) is 0 Å². The van der Waals surface area contributed by atoms with Crippen molar-refractivity contribution >= 4 is 5.91 Å². The summed E-state index contributed by atoms with van der Waals surface area (Å²) in [6.45, 7) is 0.923. The van der Waals surface area contributed by atoms with Crippen LogP contribution in [0.25, 0.3) is 0 Å². The maximum Gasteiger partial charge on any atom is 0.220 e. The van der Waals surface area contributed by atoms with Gasteiger partial charge in [-0.1, -0.05) is 6.42 Å². The quantitative estimate of drug-likeness (QED) is 0.722. The molecule has 2 atom stereocenters. The predicted octanol–water partition coefficient (Wildman–Crippen LogP) is 1.12. The summed E-state index contributed by atoms with van der Waals surface area (Å²) in [7, 11) is 4.18. The maximum absolute atomic E-state index is 11.8. The topological polar surface area (TPSA) is 44.4 Å². The molecular formula is C14H27N3O. The van der Waals surface area contributed by atoms with E-state index >= 15 is 0 Å². The molecule has 2 heterocycles. The number of nitrogens with zero attached hydrogens (tertiary/aromatic N) is 1. The molecule has 4 nitrogen and oxygen atoms in total. The van der Waals surface area contributed by atoms with Crippen molar-refractivity contribution in [2.24, 2.45) is 0 Å². The largest absolute Gasteiger partial charge is 0.353 e. The summed E-state index contributed by atoms with van der Waals surface area (Å²) in [6, 6.07) is 1.80. The Hall–Kier alpha value is -0.610. The molecule has 0 saturated carbocycles. The summed E-state index contributed by atoms with van der Waals surface area (Å²) in [5.41, 5.74) is 0. The van der Waals surface area contributed by atoms with Crippen molar-refractivity contribution in [3.8, 4) is 0 Å². The lowest BCUT2D eigenvalue weighted by atomic mass is 9.82. The Bertz CT molecular complexity index is 268. The molecule has 2 rings (SSSR count). The Balaban J connectivity index is 1.75. The molecule has 104 valence electrons. The fourth-order valence-corrected chi connectivity index (χ4v) is 3.46. The van der Waals surface area contributed by atoms with Gasteiger partial charge in [-0.2, -0.15) is 0 Å². The maximum atomic E-state index is 11.8. The molecule has 2 saturated heterocycles. The lowest BCUT2D eigenvalue weighted by molar-refractivity contribution is -0.122. The van der Waals surface area contributed by atoms with Crippen molar-refractivity contribution in [3.05, 3.63) is 0 Å². The third kappa shape index (κ3) is 3.45. The normalized spacial score (nSPS) is 32.2. The first-order valence-electron chi connectivity index (χ1n) is 7.36. The van der Waals surface area contributed by atoms with Crippen LogP contribution >= 0.6 is 0 Å². The molecule has 0 aromatic heterocycles. The van der Waals surface area contributed by atoms with E-state index in [-0.39, 0.29) is 5.91 Å². The molecule has 18 heavy (non-hydrogen) atoms. The number of piperidine rings is 2. The molecule has 2 unspecified atom stereocenters. The number of hydrogen-bond donors (Lipinski definition) is 2. The molecule has 2 fully saturated rings. The molecule has 0 aromatic rings. The van der Waals surface area contributed by atoms with Gasteiger partial charge in [-0.15, -0.1) is 0 Å². The first-order valence-corrected chi connectivity index (χ1v) is 7.36. The highest BCUT2D eigenvalue weighted by molar-refractivity contribution is 5.76. The Labute approximate surface area is 110 Å². The highest BCUT2D eigenvalue weighted by Gasteiger charge is 2.36. The molecule has 0 radical (unpaired) electrons. The van der Waals surface area contributed by atoms with Gasteiger partial charge < -0.3 is 15.5 Å². The summed E-state index contributed by atoms with van der Waals surface area (Å²) >= 11 is 0. The van der Waals surface area contributed by atoms with Crippen molar-refractivity contribution in [2.45, 2.75) is 63.1 Å². The summed E-state index contributed by atoms with van der Waals surface area (Å²) in [6.07, 6.45) is 7.85. The van der Waals surface area contributed by atoms with E-state index < -0.39 is 0 Å². The number of hydrogen-bond acceptors (Lipinski definition) is 3. The van der Waals surface area contributed by atoms with Crippen LogP contribution in [0.15, 0.2) is 0 Å². The van der Waals surface area contributed by atoms with Crippen LogP contribution in [0.3, 0.4) is 0 Å². The van der Waals surface area contributed by atoms with Gasteiger partial charge in [0.1, 0.15) is 0 Å². The number of nitrogens with one attached hydrogen (secondary N) is 2. The monoisotopic (exact) mass is 253 g/mol. The minimum atomic E-state index is 0.234. The fourth-order valence-electron chi connectivity index (χ4n) is 3.46. The molecule has 2 aliphatic rings. The van der Waals surface area contributed by atoms with E-state index in [1.807, 2.05) is 7.05 Å². The number of carbonyl (C=O) groups is 1. The Morgan fingerprint density at radius 1 is 1.28 bits per heavy atom. The van der Waals surface area contributed by atoms with Gasteiger partial charge in [0.05, 0.1) is 0 Å². The van der Waals surface area contributed by atoms with E-state index in [2.05, 4.69) is 22.6 Å². The van der Waals surface area contributed by atoms with Crippen LogP contribution in [0.2, 0.25) is 0 Å². The first-order chi connectivity index (χ1) is 8.70. The molecular weight excluding hydrogens is 226 g/mol. The average molecular weight is 253 g/mol. The van der Waals surface area contributed by atoms with Gasteiger partial charge in [-0.25, -0.2) is 0 Å². The molecule has 4 heteroatoms. The van der Waals surface area contributed by atoms with Crippen LogP contribution in [0.1, 0.15) is 44.9 Å². The van der Waals surface area contributed by atoms with E-state index in [1.54, 1.807) is 0 Å². The van der Waals surface area contributed by atoms with Crippen LogP contribution in [0, 0.1) is 0 Å². The number of amides is 1. The fraction of sp³-hybridized carbons (Fsp3) is 0.929. The zero-order valence-corrected chi connectivity index (χ0v) is 11.7. The zero-order valence-electron chi connectivity index (χ0n) is 11.7. The number of rotatable bonds is 5. The van der Waals surface area contributed by atoms with Gasteiger partial charge in [-0.05, 0) is 52.7 Å². The van der Waals surface area contributed by atoms with Crippen LogP contribution in [-0.4, -0.2) is 49.6 Å². The minimum Gasteiger partial charge on any atom is -0.353 e. The first kappa shape index (κ1) is 13.8. The van der Waals surface area contributed by atoms with E-state index in [0.29, 0.717) is 24.5 Å². The third-order valence-corrected chi connectivity index (χ3v) is 4.54. The molecule has 2 N–H and O–H groups in total. The highest BCUT2D eigenvalue weighted by atomic mass is 16.1. The van der Waals surface area contributed by atoms with Gasteiger partial charge in [0.2, 0.25) is 5.91 Å². The van der Waals surface area contributed by atoms with Crippen molar-refractivity contribution in [2.75, 3.05) is 20.6 Å². The van der Waals surface area contributed by atoms with E-state index in [0.717, 1.165) is 25.8 Å². The van der Waals surface area contributed by atoms with Gasteiger partial charge in [0.15, 0.2) is 0 Å². The smallest absolute Gasteiger partial charge is 0.220 e. The molecule has 0 aromatic carbocycles. The van der Waals surface area contributed by atoms with Gasteiger partial charge in [0.25, 0.3) is 0 Å². The molecule has 1 amide bonds. The van der Waals surface area contributed by atoms with Gasteiger partial charge in [-0.3, -0.25) is 4.79 Å². The van der Waals surface area contributed by atoms with Crippen molar-refractivity contribution in [1.29, 1.82) is 0 Å². The van der Waals surface area contributed by atoms with Crippen LogP contribution in [0.5, 0.6) is 0 Å². The predicted molar refractivity (Wildman–Crippen MR) is 73.5 cm³/mol. The Morgan fingerprint density at radius 3 is 2.56 bits per heavy atom. The van der Waals surface area contributed by atoms with Gasteiger partial charge >= 0.3 is 0 Å². The molecule has 2 aliphatic heterocycles. The average Bonchev–Trinajstić information content (AvgIpc) is 2.31. The third-order valence-electron chi connectivity index (χ3n) is 4.54. The van der Waals surface area contributed by atoms with Crippen molar-refractivity contribution in [3.63, 3.8) is 0 Å². The molecule has 2 bridgehead atoms. The van der Waals surface area contributed by atoms with E-state index in [4.69, 9.17) is 0 Å². The Morgan fingerprint density at radius 2 is 1.94 bits per heavy atom. The van der Waals surface area contributed by atoms with Crippen LogP contribution in [-0.2, 0) is 4.79 Å². The lowest BCUT2D eigenvalue weighted by Gasteiger charge is -2.47. The summed E-state index contributed by atoms with van der Waals surface area (Å²) < 4.78 is 0. The molecule has 0 aliphatic carbocycles. The summed E-state index contributed by atoms with van der Waals surface area (Å²) in [4.78, 5) is 14.4. The second-order valence-corrected chi connectivity index (χ2v) is 5.85. The standard InChI is InChI=1S/C14H27N3O/c1-15-8-4-7-14(18)16-11-9-12-5-3-6-13(10-11)17(12)2/h11-13,15H,3-10H2,1-2H3,(H,16,18). The molecule has 0 spiro atoms. The SMILES string of the molecule is CNCCCC(=O)NC1CC2CCCC(C1)N2C. The summed E-state index contributed by atoms with van der Waals surface area (Å²) in [5.74, 6) is 0.234. The minimum absolute atomic E-state index is 0.234. The summed E-state index contributed by atoms with van der Waals surface area (Å²) in [5, 5.41) is 6.31. The second kappa shape index (κ2) is 6.53. The van der Waals surface area contributed by atoms with Crippen molar-refractivity contribution < 1.29 is 4.79 Å².